The van der Waals surface area contributed by atoms with Crippen LogP contribution in [-0.2, 0) is 0 Å². The number of nitrogens with one attached hydrogen (secondary N) is 1. The minimum atomic E-state index is -0.122. The Kier molecular flexibility index (Phi) is 49.6. The Morgan fingerprint density at radius 1 is 0.352 bits per heavy atom. The van der Waals surface area contributed by atoms with Crippen LogP contribution in [0.3, 0.4) is 0 Å². The molecule has 21 N–H and O–H groups in total. The smallest absolute Gasteiger partial charge is 0.0226 e. The molecule has 23 unspecified atom stereocenters. The van der Waals surface area contributed by atoms with Gasteiger partial charge in [-0.15, -0.1) is 0 Å². The number of piperazine rings is 6. The summed E-state index contributed by atoms with van der Waals surface area (Å²) < 4.78 is 0. The fourth-order valence-electron chi connectivity index (χ4n) is 16.4. The molecule has 630 valence electrons. The van der Waals surface area contributed by atoms with Gasteiger partial charge >= 0.3 is 0 Å². The van der Waals surface area contributed by atoms with Gasteiger partial charge in [0.05, 0.1) is 0 Å². The lowest BCUT2D eigenvalue weighted by molar-refractivity contribution is -0.0140. The van der Waals surface area contributed by atoms with Gasteiger partial charge in [-0.2, -0.15) is 0 Å². The van der Waals surface area contributed by atoms with Crippen LogP contribution >= 0.6 is 0 Å². The van der Waals surface area contributed by atoms with Crippen molar-refractivity contribution in [3.63, 3.8) is 0 Å². The van der Waals surface area contributed by atoms with Crippen LogP contribution < -0.4 is 62.7 Å². The molecule has 0 aromatic carbocycles. The summed E-state index contributed by atoms with van der Waals surface area (Å²) in [5.74, 6) is 0. The van der Waals surface area contributed by atoms with E-state index in [1.165, 1.54) is 39.0 Å². The van der Waals surface area contributed by atoms with Crippen molar-refractivity contribution in [2.75, 3.05) is 151 Å². The Morgan fingerprint density at radius 3 is 0.971 bits per heavy atom. The SMILES string of the molecule is CC(N)C(C)N1CCN(C(C)C(C)N)C(C)C1C.CC(N)CCN1CC(C)N(CCC(C)N)C(C)C1C.CC(N)CN1CCN(CC(C)N)C(C)C1C.CC1C(C)N(CC(C)(C)N)CCN1CC(C)(C)N.CCC(N)CN1CCN(CC(N)CC)C(C)C1C.CCCCN1CCN(CCNC)C(C)C1C. The first-order valence-corrected chi connectivity index (χ1v) is 42.9. The highest BCUT2D eigenvalue weighted by Crippen LogP contribution is 2.27. The molecular formula is C82H187N23. The Balaban J connectivity index is 0.000000631. The summed E-state index contributed by atoms with van der Waals surface area (Å²) in [5.41, 5.74) is 59.8. The average Bonchev–Trinajstić information content (AvgIpc) is 0.814. The highest BCUT2D eigenvalue weighted by molar-refractivity contribution is 4.97. The van der Waals surface area contributed by atoms with Crippen molar-refractivity contribution in [2.24, 2.45) is 57.3 Å². The zero-order valence-corrected chi connectivity index (χ0v) is 74.7. The molecule has 0 radical (unpaired) electrons. The zero-order valence-electron chi connectivity index (χ0n) is 74.7. The van der Waals surface area contributed by atoms with Gasteiger partial charge in [-0.25, -0.2) is 0 Å². The molecule has 0 bridgehead atoms. The number of nitrogens with two attached hydrogens (primary N) is 10. The number of likely N-dealkylation sites (N-methyl/N-ethyl adjacent to an activating group) is 1. The van der Waals surface area contributed by atoms with E-state index in [0.29, 0.717) is 115 Å². The van der Waals surface area contributed by atoms with E-state index in [0.717, 1.165) is 143 Å². The van der Waals surface area contributed by atoms with Crippen molar-refractivity contribution in [3.8, 4) is 0 Å². The lowest BCUT2D eigenvalue weighted by atomic mass is 9.97. The molecule has 0 saturated carbocycles. The van der Waals surface area contributed by atoms with E-state index >= 15 is 0 Å². The molecule has 6 heterocycles. The molecule has 6 aliphatic heterocycles. The summed E-state index contributed by atoms with van der Waals surface area (Å²) in [4.78, 5) is 30.6. The summed E-state index contributed by atoms with van der Waals surface area (Å²) in [6, 6.07) is 10.7. The first-order valence-electron chi connectivity index (χ1n) is 42.9. The van der Waals surface area contributed by atoms with E-state index in [1.807, 2.05) is 7.05 Å². The van der Waals surface area contributed by atoms with Gasteiger partial charge < -0.3 is 62.7 Å². The molecule has 6 fully saturated rings. The van der Waals surface area contributed by atoms with Gasteiger partial charge in [-0.1, -0.05) is 27.2 Å². The Hall–Kier alpha value is -0.920. The fourth-order valence-corrected chi connectivity index (χ4v) is 16.4. The summed E-state index contributed by atoms with van der Waals surface area (Å²) in [6.45, 7) is 86.4. The van der Waals surface area contributed by atoms with Crippen molar-refractivity contribution >= 4 is 0 Å². The third-order valence-electron chi connectivity index (χ3n) is 25.3. The van der Waals surface area contributed by atoms with Crippen molar-refractivity contribution in [3.05, 3.63) is 0 Å². The predicted octanol–water partition coefficient (Wildman–Crippen LogP) is 5.28. The second-order valence-electron chi connectivity index (χ2n) is 36.4. The summed E-state index contributed by atoms with van der Waals surface area (Å²) in [7, 11) is 2.03. The van der Waals surface area contributed by atoms with Crippen LogP contribution in [0, 0.1) is 0 Å². The van der Waals surface area contributed by atoms with Gasteiger partial charge in [0, 0.05) is 287 Å². The molecule has 0 aromatic heterocycles. The molecular weight excluding hydrogens is 1310 g/mol. The molecule has 23 nitrogen and oxygen atoms in total. The third-order valence-corrected chi connectivity index (χ3v) is 25.3. The zero-order chi connectivity index (χ0) is 80.7. The third kappa shape index (κ3) is 37.3. The number of hydrogen-bond donors (Lipinski definition) is 11. The lowest BCUT2D eigenvalue weighted by Crippen LogP contribution is -2.65. The van der Waals surface area contributed by atoms with Crippen LogP contribution in [0.25, 0.3) is 0 Å². The minimum absolute atomic E-state index is 0.122. The van der Waals surface area contributed by atoms with Crippen molar-refractivity contribution in [1.82, 2.24) is 64.1 Å². The highest BCUT2D eigenvalue weighted by atomic mass is 15.4. The fraction of sp³-hybridized carbons (Fsp3) is 1.00. The molecule has 0 spiro atoms. The number of unbranched alkanes of at least 4 members (excludes halogenated alkanes) is 1. The second kappa shape index (κ2) is 51.0. The van der Waals surface area contributed by atoms with Crippen molar-refractivity contribution in [1.29, 1.82) is 0 Å². The molecule has 0 aliphatic carbocycles. The summed E-state index contributed by atoms with van der Waals surface area (Å²) in [6.07, 6.45) is 6.93. The van der Waals surface area contributed by atoms with Gasteiger partial charge in [0.1, 0.15) is 0 Å². The summed E-state index contributed by atoms with van der Waals surface area (Å²) in [5, 5.41) is 3.24. The summed E-state index contributed by atoms with van der Waals surface area (Å²) >= 11 is 0. The van der Waals surface area contributed by atoms with Crippen LogP contribution in [0.1, 0.15) is 232 Å². The van der Waals surface area contributed by atoms with Crippen LogP contribution in [0.15, 0.2) is 0 Å². The number of rotatable bonds is 30. The molecule has 6 aliphatic rings. The first kappa shape index (κ1) is 102. The molecule has 0 amide bonds. The predicted molar refractivity (Wildman–Crippen MR) is 459 cm³/mol. The van der Waals surface area contributed by atoms with Gasteiger partial charge in [-0.3, -0.25) is 58.8 Å². The number of nitrogens with zero attached hydrogens (tertiary/aromatic N) is 12. The molecule has 6 saturated heterocycles. The van der Waals surface area contributed by atoms with Crippen LogP contribution in [-0.4, -0.2) is 360 Å². The highest BCUT2D eigenvalue weighted by Gasteiger charge is 2.40. The average molecular weight is 1500 g/mol. The Bertz CT molecular complexity index is 2030. The van der Waals surface area contributed by atoms with Gasteiger partial charge in [0.25, 0.3) is 0 Å². The largest absolute Gasteiger partial charge is 0.328 e. The number of hydrogen-bond acceptors (Lipinski definition) is 23. The first-order chi connectivity index (χ1) is 48.7. The molecule has 6 rings (SSSR count). The quantitative estimate of drug-likeness (QED) is 0.0436. The standard InChI is InChI=1S/C15H34N4.3C14H32N4.C13H29N3.C12H28N4/c1-11(16)6-8-18-10-13(3)19(9-7-12(2)17)15(5)14(18)4;1-11-12(2)18(10-14(5,6)16)8-7-17(11)9-13(3,4)15;1-9(15)11(3)17-7-8-18(12(4)10(2)16)14(6)13(17)5;1-5-13(15)9-17-7-8-18(10-14(16)6-2)12(4)11(17)3;1-5-6-8-15-10-11-16(9-7-14-4)13(3)12(15)2;1-9(13)7-15-5-6-16(8-10(2)14)12(4)11(15)3/h11-15H,6-10,16-17H2,1-5H3;11-12H,7-10,15-16H2,1-6H3;9-14H,7-8,15-16H2,1-6H3;11-14H,5-10,15-16H2,1-4H3;12-14H,5-11H2,1-4H3;9-12H,5-8,13-14H2,1-4H3. The minimum Gasteiger partial charge on any atom is -0.328 e. The Morgan fingerprint density at radius 2 is 0.657 bits per heavy atom. The van der Waals surface area contributed by atoms with E-state index in [2.05, 4.69) is 258 Å². The maximum atomic E-state index is 6.14. The van der Waals surface area contributed by atoms with Gasteiger partial charge in [0.15, 0.2) is 0 Å². The van der Waals surface area contributed by atoms with Crippen LogP contribution in [0.4, 0.5) is 0 Å². The lowest BCUT2D eigenvalue weighted by Gasteiger charge is -2.50. The van der Waals surface area contributed by atoms with Gasteiger partial charge in [-0.05, 0) is 219 Å². The molecule has 0 aromatic rings. The van der Waals surface area contributed by atoms with E-state index in [9.17, 15) is 0 Å². The van der Waals surface area contributed by atoms with E-state index in [1.54, 1.807) is 0 Å². The van der Waals surface area contributed by atoms with E-state index in [-0.39, 0.29) is 35.2 Å². The topological polar surface area (TPSA) is 311 Å². The Labute approximate surface area is 651 Å². The molecule has 23 heteroatoms. The van der Waals surface area contributed by atoms with Crippen molar-refractivity contribution < 1.29 is 0 Å². The van der Waals surface area contributed by atoms with Crippen molar-refractivity contribution in [2.45, 2.75) is 382 Å². The van der Waals surface area contributed by atoms with E-state index < -0.39 is 0 Å². The van der Waals surface area contributed by atoms with Crippen LogP contribution in [0.5, 0.6) is 0 Å². The normalized spacial score (nSPS) is 31.3. The van der Waals surface area contributed by atoms with Gasteiger partial charge in [0.2, 0.25) is 0 Å². The molecule has 23 atom stereocenters. The second-order valence-corrected chi connectivity index (χ2v) is 36.4. The molecule has 105 heavy (non-hydrogen) atoms. The maximum absolute atomic E-state index is 6.14. The monoisotopic (exact) mass is 1490 g/mol. The maximum Gasteiger partial charge on any atom is 0.0226 e. The van der Waals surface area contributed by atoms with Crippen LogP contribution in [0.2, 0.25) is 0 Å². The van der Waals surface area contributed by atoms with E-state index in [4.69, 9.17) is 57.3 Å².